The molecule has 0 saturated heterocycles. The largest absolute Gasteiger partial charge is 0.194 e. The standard InChI is InChI=1S/C13H16ClF/c1-11(8-10-13(14)15)7-9-12-5-3-2-4-6-12/h2-6,10-11H,7-9H2,1H3/b13-10+. The van der Waals surface area contributed by atoms with Gasteiger partial charge >= 0.3 is 0 Å². The zero-order chi connectivity index (χ0) is 11.1. The van der Waals surface area contributed by atoms with Crippen LogP contribution in [0.2, 0.25) is 0 Å². The number of hydrogen-bond donors (Lipinski definition) is 0. The minimum atomic E-state index is -0.596. The molecule has 1 unspecified atom stereocenters. The van der Waals surface area contributed by atoms with Crippen LogP contribution in [0.25, 0.3) is 0 Å². The van der Waals surface area contributed by atoms with Crippen molar-refractivity contribution in [2.45, 2.75) is 26.2 Å². The highest BCUT2D eigenvalue weighted by Crippen LogP contribution is 2.15. The van der Waals surface area contributed by atoms with E-state index in [-0.39, 0.29) is 0 Å². The molecular weight excluding hydrogens is 211 g/mol. The molecule has 0 aliphatic rings. The zero-order valence-corrected chi connectivity index (χ0v) is 9.67. The van der Waals surface area contributed by atoms with Crippen molar-refractivity contribution in [1.82, 2.24) is 0 Å². The van der Waals surface area contributed by atoms with E-state index in [2.05, 4.69) is 19.1 Å². The van der Waals surface area contributed by atoms with Crippen molar-refractivity contribution < 1.29 is 4.39 Å². The molecule has 1 aromatic carbocycles. The van der Waals surface area contributed by atoms with Crippen molar-refractivity contribution in [3.05, 3.63) is 47.3 Å². The average Bonchev–Trinajstić information content (AvgIpc) is 2.25. The molecule has 0 spiro atoms. The van der Waals surface area contributed by atoms with Gasteiger partial charge in [0.25, 0.3) is 0 Å². The summed E-state index contributed by atoms with van der Waals surface area (Å²) in [4.78, 5) is 0. The van der Waals surface area contributed by atoms with E-state index in [0.717, 1.165) is 12.8 Å². The van der Waals surface area contributed by atoms with Gasteiger partial charge in [0.05, 0.1) is 0 Å². The molecule has 0 fully saturated rings. The van der Waals surface area contributed by atoms with Gasteiger partial charge in [-0.1, -0.05) is 48.9 Å². The van der Waals surface area contributed by atoms with E-state index in [1.165, 1.54) is 11.6 Å². The van der Waals surface area contributed by atoms with Crippen molar-refractivity contribution in [1.29, 1.82) is 0 Å². The lowest BCUT2D eigenvalue weighted by molar-refractivity contribution is 0.534. The number of allylic oxidation sites excluding steroid dienone is 1. The SMILES string of the molecule is CC(C/C=C(/F)Cl)CCc1ccccc1. The van der Waals surface area contributed by atoms with E-state index >= 15 is 0 Å². The Hall–Kier alpha value is -0.820. The van der Waals surface area contributed by atoms with Crippen LogP contribution >= 0.6 is 11.6 Å². The number of hydrogen-bond acceptors (Lipinski definition) is 0. The summed E-state index contributed by atoms with van der Waals surface area (Å²) >= 11 is 5.13. The number of halogens is 2. The summed E-state index contributed by atoms with van der Waals surface area (Å²) in [7, 11) is 0. The van der Waals surface area contributed by atoms with Crippen molar-refractivity contribution in [2.75, 3.05) is 0 Å². The lowest BCUT2D eigenvalue weighted by Gasteiger charge is -2.08. The van der Waals surface area contributed by atoms with Gasteiger partial charge < -0.3 is 0 Å². The van der Waals surface area contributed by atoms with Gasteiger partial charge in [0.2, 0.25) is 0 Å². The highest BCUT2D eigenvalue weighted by atomic mass is 35.5. The van der Waals surface area contributed by atoms with E-state index in [4.69, 9.17) is 11.6 Å². The Balaban J connectivity index is 2.28. The van der Waals surface area contributed by atoms with E-state index in [0.29, 0.717) is 12.3 Å². The summed E-state index contributed by atoms with van der Waals surface area (Å²) in [5.41, 5.74) is 1.33. The van der Waals surface area contributed by atoms with Crippen LogP contribution < -0.4 is 0 Å². The van der Waals surface area contributed by atoms with Gasteiger partial charge in [-0.3, -0.25) is 0 Å². The van der Waals surface area contributed by atoms with Crippen molar-refractivity contribution >= 4 is 11.6 Å². The molecule has 0 radical (unpaired) electrons. The summed E-state index contributed by atoms with van der Waals surface area (Å²) in [6, 6.07) is 10.3. The predicted molar refractivity (Wildman–Crippen MR) is 63.6 cm³/mol. The number of rotatable bonds is 5. The molecule has 0 aliphatic heterocycles. The van der Waals surface area contributed by atoms with Crippen molar-refractivity contribution in [3.8, 4) is 0 Å². The lowest BCUT2D eigenvalue weighted by atomic mass is 9.98. The van der Waals surface area contributed by atoms with Crippen molar-refractivity contribution in [3.63, 3.8) is 0 Å². The smallest absolute Gasteiger partial charge is 0.185 e. The molecule has 15 heavy (non-hydrogen) atoms. The number of aryl methyl sites for hydroxylation is 1. The first kappa shape index (κ1) is 12.3. The average molecular weight is 227 g/mol. The third kappa shape index (κ3) is 5.58. The Morgan fingerprint density at radius 3 is 2.67 bits per heavy atom. The monoisotopic (exact) mass is 226 g/mol. The molecule has 1 atom stereocenters. The highest BCUT2D eigenvalue weighted by Gasteiger charge is 2.01. The first-order valence-electron chi connectivity index (χ1n) is 5.23. The molecule has 0 aromatic heterocycles. The van der Waals surface area contributed by atoms with Gasteiger partial charge in [0.15, 0.2) is 5.29 Å². The van der Waals surface area contributed by atoms with E-state index in [9.17, 15) is 4.39 Å². The Bertz CT molecular complexity index is 302. The maximum absolute atomic E-state index is 12.3. The zero-order valence-electron chi connectivity index (χ0n) is 8.92. The quantitative estimate of drug-likeness (QED) is 0.683. The Labute approximate surface area is 95.8 Å². The first-order chi connectivity index (χ1) is 7.18. The molecule has 0 heterocycles. The van der Waals surface area contributed by atoms with Crippen molar-refractivity contribution in [2.24, 2.45) is 5.92 Å². The summed E-state index contributed by atoms with van der Waals surface area (Å²) in [6.07, 6.45) is 4.25. The molecule has 0 N–H and O–H groups in total. The first-order valence-corrected chi connectivity index (χ1v) is 5.61. The lowest BCUT2D eigenvalue weighted by Crippen LogP contribution is -1.95. The van der Waals surface area contributed by atoms with Crippen LogP contribution in [0.4, 0.5) is 4.39 Å². The van der Waals surface area contributed by atoms with Gasteiger partial charge in [-0.15, -0.1) is 0 Å². The highest BCUT2D eigenvalue weighted by molar-refractivity contribution is 6.28. The van der Waals surface area contributed by atoms with Gasteiger partial charge in [0, 0.05) is 0 Å². The van der Waals surface area contributed by atoms with E-state index in [1.54, 1.807) is 0 Å². The summed E-state index contributed by atoms with van der Waals surface area (Å²) < 4.78 is 12.3. The maximum Gasteiger partial charge on any atom is 0.185 e. The Morgan fingerprint density at radius 1 is 1.40 bits per heavy atom. The third-order valence-corrected chi connectivity index (χ3v) is 2.60. The summed E-state index contributed by atoms with van der Waals surface area (Å²) in [5.74, 6) is 0.467. The molecule has 82 valence electrons. The number of benzene rings is 1. The van der Waals surface area contributed by atoms with Crippen LogP contribution in [-0.4, -0.2) is 0 Å². The Morgan fingerprint density at radius 2 is 2.07 bits per heavy atom. The Kier molecular flexibility index (Phi) is 5.41. The fourth-order valence-electron chi connectivity index (χ4n) is 1.47. The molecule has 1 rings (SSSR count). The van der Waals surface area contributed by atoms with Gasteiger partial charge in [0.1, 0.15) is 0 Å². The molecule has 0 amide bonds. The fourth-order valence-corrected chi connectivity index (χ4v) is 1.55. The molecular formula is C13H16ClF. The topological polar surface area (TPSA) is 0 Å². The molecule has 2 heteroatoms. The van der Waals surface area contributed by atoms with Crippen LogP contribution in [0.15, 0.2) is 41.7 Å². The second-order valence-corrected chi connectivity index (χ2v) is 4.22. The summed E-state index contributed by atoms with van der Waals surface area (Å²) in [6.45, 7) is 2.11. The molecule has 1 aromatic rings. The van der Waals surface area contributed by atoms with Gasteiger partial charge in [-0.2, -0.15) is 4.39 Å². The second kappa shape index (κ2) is 6.62. The minimum absolute atomic E-state index is 0.467. The van der Waals surface area contributed by atoms with Crippen LogP contribution in [0, 0.1) is 5.92 Å². The van der Waals surface area contributed by atoms with E-state index < -0.39 is 5.29 Å². The van der Waals surface area contributed by atoms with Crippen LogP contribution in [0.3, 0.4) is 0 Å². The molecule has 0 aliphatic carbocycles. The van der Waals surface area contributed by atoms with Crippen LogP contribution in [0.1, 0.15) is 25.3 Å². The van der Waals surface area contributed by atoms with Crippen LogP contribution in [0.5, 0.6) is 0 Å². The predicted octanol–water partition coefficient (Wildman–Crippen LogP) is 4.70. The molecule has 0 saturated carbocycles. The fraction of sp³-hybridized carbons (Fsp3) is 0.385. The van der Waals surface area contributed by atoms with E-state index in [1.807, 2.05) is 18.2 Å². The van der Waals surface area contributed by atoms with Gasteiger partial charge in [-0.05, 0) is 36.8 Å². The molecule has 0 bridgehead atoms. The summed E-state index contributed by atoms with van der Waals surface area (Å²) in [5, 5.41) is -0.596. The maximum atomic E-state index is 12.3. The second-order valence-electron chi connectivity index (χ2n) is 3.86. The molecule has 0 nitrogen and oxygen atoms in total. The van der Waals surface area contributed by atoms with Crippen LogP contribution in [-0.2, 0) is 6.42 Å². The minimum Gasteiger partial charge on any atom is -0.194 e. The normalized spacial score (nSPS) is 13.9. The third-order valence-electron chi connectivity index (χ3n) is 2.44. The van der Waals surface area contributed by atoms with Gasteiger partial charge in [-0.25, -0.2) is 0 Å².